The summed E-state index contributed by atoms with van der Waals surface area (Å²) in [6.07, 6.45) is 0.606. The molecule has 0 bridgehead atoms. The predicted molar refractivity (Wildman–Crippen MR) is 71.7 cm³/mol. The zero-order valence-corrected chi connectivity index (χ0v) is 11.2. The Morgan fingerprint density at radius 2 is 2.06 bits per heavy atom. The number of anilines is 1. The van der Waals surface area contributed by atoms with Crippen molar-refractivity contribution in [1.29, 1.82) is 0 Å². The lowest BCUT2D eigenvalue weighted by molar-refractivity contribution is 0.589. The fourth-order valence-corrected chi connectivity index (χ4v) is 3.25. The molecular weight excluding hydrogens is 236 g/mol. The summed E-state index contributed by atoms with van der Waals surface area (Å²) in [6, 6.07) is 7.46. The summed E-state index contributed by atoms with van der Waals surface area (Å²) in [5.74, 6) is 0.154. The van der Waals surface area contributed by atoms with Crippen LogP contribution in [-0.4, -0.2) is 27.3 Å². The van der Waals surface area contributed by atoms with Crippen molar-refractivity contribution in [2.45, 2.75) is 20.3 Å². The van der Waals surface area contributed by atoms with Gasteiger partial charge in [-0.3, -0.25) is 4.31 Å². The zero-order valence-electron chi connectivity index (χ0n) is 10.4. The third-order valence-corrected chi connectivity index (χ3v) is 4.41. The first kappa shape index (κ1) is 14.0. The van der Waals surface area contributed by atoms with Crippen LogP contribution in [0.5, 0.6) is 0 Å². The maximum Gasteiger partial charge on any atom is 0.235 e. The molecule has 5 heteroatoms. The van der Waals surface area contributed by atoms with E-state index in [9.17, 15) is 8.42 Å². The van der Waals surface area contributed by atoms with Gasteiger partial charge in [-0.2, -0.15) is 0 Å². The molecular formula is C12H20N2O2S. The predicted octanol–water partition coefficient (Wildman–Crippen LogP) is 1.50. The second-order valence-corrected chi connectivity index (χ2v) is 6.03. The van der Waals surface area contributed by atoms with E-state index in [2.05, 4.69) is 0 Å². The van der Waals surface area contributed by atoms with E-state index in [0.29, 0.717) is 25.2 Å². The van der Waals surface area contributed by atoms with Crippen molar-refractivity contribution < 1.29 is 8.42 Å². The fourth-order valence-electron chi connectivity index (χ4n) is 1.70. The molecule has 2 N–H and O–H groups in total. The Balaban J connectivity index is 3.09. The summed E-state index contributed by atoms with van der Waals surface area (Å²) in [7, 11) is -3.25. The number of hydrogen-bond donors (Lipinski definition) is 1. The van der Waals surface area contributed by atoms with E-state index in [1.165, 1.54) is 4.31 Å². The van der Waals surface area contributed by atoms with Gasteiger partial charge in [-0.05, 0) is 31.0 Å². The van der Waals surface area contributed by atoms with Crippen molar-refractivity contribution >= 4 is 15.7 Å². The van der Waals surface area contributed by atoms with E-state index in [-0.39, 0.29) is 5.75 Å². The molecule has 0 heterocycles. The van der Waals surface area contributed by atoms with Crippen LogP contribution in [0.4, 0.5) is 5.69 Å². The summed E-state index contributed by atoms with van der Waals surface area (Å²) >= 11 is 0. The van der Waals surface area contributed by atoms with Crippen molar-refractivity contribution in [3.63, 3.8) is 0 Å². The van der Waals surface area contributed by atoms with Crippen LogP contribution in [0.3, 0.4) is 0 Å². The highest BCUT2D eigenvalue weighted by Crippen LogP contribution is 2.19. The van der Waals surface area contributed by atoms with Gasteiger partial charge in [-0.1, -0.05) is 19.1 Å². The van der Waals surface area contributed by atoms with Crippen molar-refractivity contribution in [3.05, 3.63) is 29.8 Å². The number of nitrogens with zero attached hydrogens (tertiary/aromatic N) is 1. The Labute approximate surface area is 103 Å². The molecule has 0 aliphatic rings. The SMILES string of the molecule is CCCS(=O)(=O)N(CCN)c1cccc(C)c1. The Kier molecular flexibility index (Phi) is 4.96. The van der Waals surface area contributed by atoms with E-state index in [1.54, 1.807) is 6.07 Å². The minimum atomic E-state index is -3.25. The third kappa shape index (κ3) is 3.71. The Morgan fingerprint density at radius 3 is 2.59 bits per heavy atom. The lowest BCUT2D eigenvalue weighted by atomic mass is 10.2. The molecule has 0 unspecified atom stereocenters. The molecule has 0 saturated carbocycles. The summed E-state index contributed by atoms with van der Waals surface area (Å²) in [5, 5.41) is 0. The van der Waals surface area contributed by atoms with Crippen LogP contribution in [0.25, 0.3) is 0 Å². The van der Waals surface area contributed by atoms with Crippen molar-refractivity contribution in [2.24, 2.45) is 5.73 Å². The lowest BCUT2D eigenvalue weighted by Gasteiger charge is -2.24. The van der Waals surface area contributed by atoms with Crippen LogP contribution in [0.2, 0.25) is 0 Å². The van der Waals surface area contributed by atoms with E-state index in [4.69, 9.17) is 5.73 Å². The average molecular weight is 256 g/mol. The van der Waals surface area contributed by atoms with Gasteiger partial charge >= 0.3 is 0 Å². The van der Waals surface area contributed by atoms with Gasteiger partial charge < -0.3 is 5.73 Å². The summed E-state index contributed by atoms with van der Waals surface area (Å²) in [6.45, 7) is 4.44. The standard InChI is InChI=1S/C12H20N2O2S/c1-3-9-17(15,16)14(8-7-13)12-6-4-5-11(2)10-12/h4-6,10H,3,7-9,13H2,1-2H3. The third-order valence-electron chi connectivity index (χ3n) is 2.42. The highest BCUT2D eigenvalue weighted by Gasteiger charge is 2.20. The average Bonchev–Trinajstić information content (AvgIpc) is 2.25. The highest BCUT2D eigenvalue weighted by atomic mass is 32.2. The van der Waals surface area contributed by atoms with Gasteiger partial charge in [0.05, 0.1) is 11.4 Å². The monoisotopic (exact) mass is 256 g/mol. The number of sulfonamides is 1. The molecule has 0 aliphatic carbocycles. The summed E-state index contributed by atoms with van der Waals surface area (Å²) in [5.41, 5.74) is 7.23. The van der Waals surface area contributed by atoms with Gasteiger partial charge in [-0.15, -0.1) is 0 Å². The van der Waals surface area contributed by atoms with Crippen LogP contribution in [0.1, 0.15) is 18.9 Å². The molecule has 96 valence electrons. The van der Waals surface area contributed by atoms with E-state index in [0.717, 1.165) is 5.56 Å². The second kappa shape index (κ2) is 6.02. The van der Waals surface area contributed by atoms with Crippen LogP contribution in [-0.2, 0) is 10.0 Å². The Bertz CT molecular complexity index is 457. The quantitative estimate of drug-likeness (QED) is 0.839. The molecule has 0 aromatic heterocycles. The van der Waals surface area contributed by atoms with Gasteiger partial charge in [0, 0.05) is 13.1 Å². The molecule has 0 radical (unpaired) electrons. The molecule has 17 heavy (non-hydrogen) atoms. The topological polar surface area (TPSA) is 63.4 Å². The summed E-state index contributed by atoms with van der Waals surface area (Å²) < 4.78 is 25.6. The van der Waals surface area contributed by atoms with Gasteiger partial charge in [0.15, 0.2) is 0 Å². The normalized spacial score (nSPS) is 11.5. The number of aryl methyl sites for hydroxylation is 1. The molecule has 0 spiro atoms. The smallest absolute Gasteiger partial charge is 0.235 e. The first-order chi connectivity index (χ1) is 8.01. The molecule has 0 fully saturated rings. The van der Waals surface area contributed by atoms with Crippen LogP contribution < -0.4 is 10.0 Å². The van der Waals surface area contributed by atoms with E-state index in [1.807, 2.05) is 32.0 Å². The molecule has 4 nitrogen and oxygen atoms in total. The van der Waals surface area contributed by atoms with Crippen molar-refractivity contribution in [1.82, 2.24) is 0 Å². The molecule has 1 rings (SSSR count). The summed E-state index contributed by atoms with van der Waals surface area (Å²) in [4.78, 5) is 0. The van der Waals surface area contributed by atoms with Gasteiger partial charge in [0.1, 0.15) is 0 Å². The number of benzene rings is 1. The van der Waals surface area contributed by atoms with E-state index >= 15 is 0 Å². The number of rotatable bonds is 6. The molecule has 0 atom stereocenters. The molecule has 0 saturated heterocycles. The molecule has 0 aliphatic heterocycles. The van der Waals surface area contributed by atoms with Gasteiger partial charge in [0.2, 0.25) is 10.0 Å². The Morgan fingerprint density at radius 1 is 1.35 bits per heavy atom. The zero-order chi connectivity index (χ0) is 12.9. The minimum absolute atomic E-state index is 0.154. The van der Waals surface area contributed by atoms with Crippen LogP contribution >= 0.6 is 0 Å². The number of hydrogen-bond acceptors (Lipinski definition) is 3. The second-order valence-electron chi connectivity index (χ2n) is 4.02. The minimum Gasteiger partial charge on any atom is -0.329 e. The maximum atomic E-state index is 12.1. The molecule has 1 aromatic rings. The van der Waals surface area contributed by atoms with Crippen molar-refractivity contribution in [2.75, 3.05) is 23.1 Å². The van der Waals surface area contributed by atoms with Crippen LogP contribution in [0, 0.1) is 6.92 Å². The first-order valence-electron chi connectivity index (χ1n) is 5.78. The first-order valence-corrected chi connectivity index (χ1v) is 7.39. The van der Waals surface area contributed by atoms with Crippen LogP contribution in [0.15, 0.2) is 24.3 Å². The lowest BCUT2D eigenvalue weighted by Crippen LogP contribution is -2.36. The molecule has 1 aromatic carbocycles. The fraction of sp³-hybridized carbons (Fsp3) is 0.500. The molecule has 0 amide bonds. The largest absolute Gasteiger partial charge is 0.329 e. The Hall–Kier alpha value is -1.07. The van der Waals surface area contributed by atoms with Gasteiger partial charge in [-0.25, -0.2) is 8.42 Å². The maximum absolute atomic E-state index is 12.1. The highest BCUT2D eigenvalue weighted by molar-refractivity contribution is 7.92. The van der Waals surface area contributed by atoms with E-state index < -0.39 is 10.0 Å². The number of nitrogens with two attached hydrogens (primary N) is 1. The van der Waals surface area contributed by atoms with Gasteiger partial charge in [0.25, 0.3) is 0 Å². The van der Waals surface area contributed by atoms with Crippen molar-refractivity contribution in [3.8, 4) is 0 Å².